The fraction of sp³-hybridized carbons (Fsp3) is 0.217. The van der Waals surface area contributed by atoms with Crippen molar-refractivity contribution in [1.29, 1.82) is 0 Å². The highest BCUT2D eigenvalue weighted by Crippen LogP contribution is 2.28. The van der Waals surface area contributed by atoms with Gasteiger partial charge in [0.1, 0.15) is 5.75 Å². The van der Waals surface area contributed by atoms with Crippen LogP contribution in [0.4, 0.5) is 4.79 Å². The van der Waals surface area contributed by atoms with Crippen LogP contribution in [0.15, 0.2) is 61.1 Å². The maximum Gasteiger partial charge on any atom is 0.413 e. The fourth-order valence-electron chi connectivity index (χ4n) is 3.23. The number of ether oxygens (including phenoxy) is 1. The number of rotatable bonds is 6. The van der Waals surface area contributed by atoms with Crippen molar-refractivity contribution >= 4 is 6.09 Å². The van der Waals surface area contributed by atoms with E-state index in [1.54, 1.807) is 29.3 Å². The summed E-state index contributed by atoms with van der Waals surface area (Å²) in [6, 6.07) is 13.3. The summed E-state index contributed by atoms with van der Waals surface area (Å²) in [6.45, 7) is 5.82. The maximum atomic E-state index is 12.6. The minimum atomic E-state index is -0.595. The van der Waals surface area contributed by atoms with Gasteiger partial charge in [-0.15, -0.1) is 5.10 Å². The van der Waals surface area contributed by atoms with E-state index in [9.17, 15) is 4.79 Å². The Bertz CT molecular complexity index is 1210. The van der Waals surface area contributed by atoms with Crippen molar-refractivity contribution < 1.29 is 9.53 Å². The summed E-state index contributed by atoms with van der Waals surface area (Å²) in [4.78, 5) is 20.8. The molecule has 2 heterocycles. The van der Waals surface area contributed by atoms with Gasteiger partial charge in [0.2, 0.25) is 0 Å². The molecule has 9 nitrogen and oxygen atoms in total. The van der Waals surface area contributed by atoms with E-state index in [2.05, 4.69) is 30.8 Å². The molecule has 0 unspecified atom stereocenters. The highest BCUT2D eigenvalue weighted by molar-refractivity contribution is 5.74. The first-order valence-electron chi connectivity index (χ1n) is 10.3. The molecule has 4 rings (SSSR count). The fourth-order valence-corrected chi connectivity index (χ4v) is 3.23. The van der Waals surface area contributed by atoms with Gasteiger partial charge < -0.3 is 10.1 Å². The lowest BCUT2D eigenvalue weighted by molar-refractivity contribution is 0.196. The van der Waals surface area contributed by atoms with Crippen molar-refractivity contribution in [1.82, 2.24) is 35.5 Å². The second kappa shape index (κ2) is 9.34. The summed E-state index contributed by atoms with van der Waals surface area (Å²) in [6.07, 6.45) is 4.82. The normalized spacial score (nSPS) is 11.7. The smallest absolute Gasteiger partial charge is 0.410 e. The molecule has 0 spiro atoms. The van der Waals surface area contributed by atoms with Crippen molar-refractivity contribution in [2.75, 3.05) is 0 Å². The van der Waals surface area contributed by atoms with E-state index in [-0.39, 0.29) is 6.04 Å². The first-order chi connectivity index (χ1) is 15.5. The Kier molecular flexibility index (Phi) is 6.16. The third kappa shape index (κ3) is 4.77. The van der Waals surface area contributed by atoms with E-state index in [0.29, 0.717) is 29.4 Å². The molecule has 4 aromatic rings. The van der Waals surface area contributed by atoms with Crippen LogP contribution >= 0.6 is 0 Å². The van der Waals surface area contributed by atoms with Crippen LogP contribution in [0.5, 0.6) is 5.75 Å². The van der Waals surface area contributed by atoms with Gasteiger partial charge in [-0.2, -0.15) is 4.68 Å². The van der Waals surface area contributed by atoms with Crippen LogP contribution < -0.4 is 10.1 Å². The summed E-state index contributed by atoms with van der Waals surface area (Å²) in [5.74, 6) is 1.08. The van der Waals surface area contributed by atoms with Gasteiger partial charge in [-0.25, -0.2) is 4.79 Å². The quantitative estimate of drug-likeness (QED) is 0.496. The number of nitrogens with zero attached hydrogens (tertiary/aromatic N) is 6. The highest BCUT2D eigenvalue weighted by atomic mass is 16.6. The predicted molar refractivity (Wildman–Crippen MR) is 118 cm³/mol. The Hall–Kier alpha value is -4.14. The van der Waals surface area contributed by atoms with Crippen molar-refractivity contribution in [3.8, 4) is 22.6 Å². The standard InChI is InChI=1S/C23H23N7O2/c1-4-22-27-28-29-30(22)19-11-18(17-7-5-15(2)6-8-17)12-20(13-19)32-23(31)26-16(3)21-14-24-9-10-25-21/h5-14,16H,4H2,1-3H3,(H,26,31)/t16-/m1/s1. The van der Waals surface area contributed by atoms with E-state index in [0.717, 1.165) is 16.7 Å². The minimum absolute atomic E-state index is 0.359. The molecular weight excluding hydrogens is 406 g/mol. The number of carbonyl (C=O) groups is 1. The SMILES string of the molecule is CCc1nnnn1-c1cc(OC(=O)N[C@H](C)c2cnccn2)cc(-c2ccc(C)cc2)c1. The summed E-state index contributed by atoms with van der Waals surface area (Å²) in [5, 5.41) is 14.7. The molecule has 0 radical (unpaired) electrons. The maximum absolute atomic E-state index is 12.6. The zero-order valence-corrected chi connectivity index (χ0v) is 18.1. The lowest BCUT2D eigenvalue weighted by atomic mass is 10.0. The molecule has 9 heteroatoms. The van der Waals surface area contributed by atoms with Crippen molar-refractivity contribution in [3.63, 3.8) is 0 Å². The first kappa shape index (κ1) is 21.1. The number of nitrogens with one attached hydrogen (secondary N) is 1. The highest BCUT2D eigenvalue weighted by Gasteiger charge is 2.15. The number of hydrogen-bond donors (Lipinski definition) is 1. The summed E-state index contributed by atoms with van der Waals surface area (Å²) in [7, 11) is 0. The summed E-state index contributed by atoms with van der Waals surface area (Å²) >= 11 is 0. The van der Waals surface area contributed by atoms with E-state index in [1.807, 2.05) is 57.2 Å². The van der Waals surface area contributed by atoms with Crippen molar-refractivity contribution in [2.24, 2.45) is 0 Å². The van der Waals surface area contributed by atoms with Gasteiger partial charge in [-0.3, -0.25) is 9.97 Å². The number of amides is 1. The van der Waals surface area contributed by atoms with E-state index < -0.39 is 6.09 Å². The molecule has 0 bridgehead atoms. The largest absolute Gasteiger partial charge is 0.413 e. The van der Waals surface area contributed by atoms with Crippen LogP contribution in [0, 0.1) is 6.92 Å². The Balaban J connectivity index is 1.64. The average molecular weight is 429 g/mol. The van der Waals surface area contributed by atoms with Gasteiger partial charge in [0.05, 0.1) is 23.6 Å². The number of aryl methyl sites for hydroxylation is 2. The lowest BCUT2D eigenvalue weighted by Crippen LogP contribution is -2.30. The van der Waals surface area contributed by atoms with E-state index >= 15 is 0 Å². The van der Waals surface area contributed by atoms with Crippen LogP contribution in [0.3, 0.4) is 0 Å². The van der Waals surface area contributed by atoms with Crippen LogP contribution in [-0.2, 0) is 6.42 Å². The van der Waals surface area contributed by atoms with E-state index in [1.165, 1.54) is 0 Å². The average Bonchev–Trinajstić information content (AvgIpc) is 3.29. The summed E-state index contributed by atoms with van der Waals surface area (Å²) in [5.41, 5.74) is 4.37. The molecule has 0 aliphatic heterocycles. The number of hydrogen-bond acceptors (Lipinski definition) is 7. The molecule has 0 fully saturated rings. The van der Waals surface area contributed by atoms with Gasteiger partial charge in [-0.1, -0.05) is 36.8 Å². The molecule has 32 heavy (non-hydrogen) atoms. The first-order valence-corrected chi connectivity index (χ1v) is 10.3. The monoisotopic (exact) mass is 429 g/mol. The number of tetrazole rings is 1. The number of aromatic nitrogens is 6. The Morgan fingerprint density at radius 2 is 1.94 bits per heavy atom. The second-order valence-corrected chi connectivity index (χ2v) is 7.33. The number of benzene rings is 2. The Morgan fingerprint density at radius 3 is 2.66 bits per heavy atom. The summed E-state index contributed by atoms with van der Waals surface area (Å²) < 4.78 is 7.27. The molecule has 2 aromatic heterocycles. The lowest BCUT2D eigenvalue weighted by Gasteiger charge is -2.14. The van der Waals surface area contributed by atoms with Gasteiger partial charge in [0, 0.05) is 24.9 Å². The molecule has 1 N–H and O–H groups in total. The molecule has 162 valence electrons. The molecule has 0 aliphatic rings. The molecular formula is C23H23N7O2. The van der Waals surface area contributed by atoms with Crippen molar-refractivity contribution in [2.45, 2.75) is 33.2 Å². The zero-order valence-electron chi connectivity index (χ0n) is 18.1. The molecule has 0 aliphatic carbocycles. The van der Waals surface area contributed by atoms with Gasteiger partial charge in [0.15, 0.2) is 5.82 Å². The molecule has 0 saturated carbocycles. The predicted octanol–water partition coefficient (Wildman–Crippen LogP) is 3.84. The zero-order chi connectivity index (χ0) is 22.5. The molecule has 1 atom stereocenters. The molecule has 1 amide bonds. The van der Waals surface area contributed by atoms with Crippen LogP contribution in [0.2, 0.25) is 0 Å². The van der Waals surface area contributed by atoms with Crippen LogP contribution in [-0.4, -0.2) is 36.3 Å². The topological polar surface area (TPSA) is 108 Å². The van der Waals surface area contributed by atoms with Crippen LogP contribution in [0.25, 0.3) is 16.8 Å². The molecule has 2 aromatic carbocycles. The number of carbonyl (C=O) groups excluding carboxylic acids is 1. The Morgan fingerprint density at radius 1 is 1.12 bits per heavy atom. The minimum Gasteiger partial charge on any atom is -0.410 e. The van der Waals surface area contributed by atoms with Gasteiger partial charge >= 0.3 is 6.09 Å². The second-order valence-electron chi connectivity index (χ2n) is 7.33. The Labute approximate surface area is 185 Å². The molecule has 0 saturated heterocycles. The third-order valence-electron chi connectivity index (χ3n) is 4.94. The van der Waals surface area contributed by atoms with Gasteiger partial charge in [-0.05, 0) is 47.5 Å². The van der Waals surface area contributed by atoms with Crippen molar-refractivity contribution in [3.05, 3.63) is 78.1 Å². The van der Waals surface area contributed by atoms with Crippen LogP contribution in [0.1, 0.15) is 37.0 Å². The van der Waals surface area contributed by atoms with E-state index in [4.69, 9.17) is 4.74 Å². The third-order valence-corrected chi connectivity index (χ3v) is 4.94. The van der Waals surface area contributed by atoms with Gasteiger partial charge in [0.25, 0.3) is 0 Å².